The topological polar surface area (TPSA) is 47.6 Å². The summed E-state index contributed by atoms with van der Waals surface area (Å²) in [5, 5.41) is 3.09. The van der Waals surface area contributed by atoms with Crippen molar-refractivity contribution >= 4 is 5.91 Å². The second-order valence-electron chi connectivity index (χ2n) is 6.78. The Hall–Kier alpha value is -1.71. The molecule has 0 aromatic heterocycles. The van der Waals surface area contributed by atoms with Crippen LogP contribution in [0, 0.1) is 5.92 Å². The fourth-order valence-corrected chi connectivity index (χ4v) is 3.57. The van der Waals surface area contributed by atoms with E-state index in [1.165, 1.54) is 36.8 Å². The largest absolute Gasteiger partial charge is 0.493 e. The van der Waals surface area contributed by atoms with Gasteiger partial charge in [-0.3, -0.25) is 4.79 Å². The average molecular weight is 317 g/mol. The smallest absolute Gasteiger partial charge is 0.220 e. The summed E-state index contributed by atoms with van der Waals surface area (Å²) in [5.74, 6) is 2.98. The number of hydrogen-bond acceptors (Lipinski definition) is 3. The first kappa shape index (κ1) is 16.2. The molecule has 1 saturated carbocycles. The minimum absolute atomic E-state index is 0.218. The molecule has 0 aliphatic heterocycles. The maximum Gasteiger partial charge on any atom is 0.220 e. The number of ether oxygens (including phenoxy) is 2. The quantitative estimate of drug-likeness (QED) is 0.838. The van der Waals surface area contributed by atoms with Gasteiger partial charge in [0.2, 0.25) is 5.91 Å². The third-order valence-electron chi connectivity index (χ3n) is 5.07. The van der Waals surface area contributed by atoms with Crippen LogP contribution in [0.25, 0.3) is 0 Å². The van der Waals surface area contributed by atoms with E-state index >= 15 is 0 Å². The number of benzene rings is 1. The van der Waals surface area contributed by atoms with Crippen LogP contribution in [0.4, 0.5) is 0 Å². The molecule has 1 unspecified atom stereocenters. The molecule has 23 heavy (non-hydrogen) atoms. The Labute approximate surface area is 138 Å². The number of aryl methyl sites for hydroxylation is 1. The molecule has 0 heterocycles. The number of methoxy groups -OCH3 is 2. The molecule has 126 valence electrons. The molecule has 4 nitrogen and oxygen atoms in total. The SMILES string of the molecule is COc1cc2c(cc1OC)C(CCNC(=O)CC1CC1)CCC2. The highest BCUT2D eigenvalue weighted by Gasteiger charge is 2.25. The molecule has 1 N–H and O–H groups in total. The number of amides is 1. The summed E-state index contributed by atoms with van der Waals surface area (Å²) in [6, 6.07) is 4.25. The van der Waals surface area contributed by atoms with Crippen LogP contribution >= 0.6 is 0 Å². The Bertz CT molecular complexity index is 566. The molecule has 1 amide bonds. The maximum atomic E-state index is 11.8. The fourth-order valence-electron chi connectivity index (χ4n) is 3.57. The van der Waals surface area contributed by atoms with Crippen LogP contribution in [-0.4, -0.2) is 26.7 Å². The molecular formula is C19H27NO3. The van der Waals surface area contributed by atoms with Crippen molar-refractivity contribution < 1.29 is 14.3 Å². The molecule has 1 fully saturated rings. The Kier molecular flexibility index (Phi) is 5.09. The van der Waals surface area contributed by atoms with Gasteiger partial charge in [0.1, 0.15) is 0 Å². The number of carbonyl (C=O) groups excluding carboxylic acids is 1. The predicted molar refractivity (Wildman–Crippen MR) is 90.2 cm³/mol. The minimum Gasteiger partial charge on any atom is -0.493 e. The molecule has 1 atom stereocenters. The molecule has 0 saturated heterocycles. The Morgan fingerprint density at radius 3 is 2.61 bits per heavy atom. The summed E-state index contributed by atoms with van der Waals surface area (Å²) in [5.41, 5.74) is 2.73. The molecule has 4 heteroatoms. The van der Waals surface area contributed by atoms with Crippen LogP contribution < -0.4 is 14.8 Å². The molecule has 2 aliphatic rings. The van der Waals surface area contributed by atoms with Crippen LogP contribution in [0.15, 0.2) is 12.1 Å². The monoisotopic (exact) mass is 317 g/mol. The average Bonchev–Trinajstić information content (AvgIpc) is 3.37. The van der Waals surface area contributed by atoms with E-state index in [2.05, 4.69) is 17.4 Å². The highest BCUT2D eigenvalue weighted by atomic mass is 16.5. The van der Waals surface area contributed by atoms with Crippen molar-refractivity contribution in [3.05, 3.63) is 23.3 Å². The van der Waals surface area contributed by atoms with Gasteiger partial charge in [0.05, 0.1) is 14.2 Å². The van der Waals surface area contributed by atoms with Gasteiger partial charge in [-0.1, -0.05) is 0 Å². The first-order valence-corrected chi connectivity index (χ1v) is 8.72. The van der Waals surface area contributed by atoms with E-state index < -0.39 is 0 Å². The highest BCUT2D eigenvalue weighted by molar-refractivity contribution is 5.76. The molecule has 0 spiro atoms. The number of rotatable bonds is 7. The van der Waals surface area contributed by atoms with E-state index in [0.29, 0.717) is 18.3 Å². The summed E-state index contributed by atoms with van der Waals surface area (Å²) < 4.78 is 10.9. The molecule has 1 aromatic carbocycles. The molecule has 2 aliphatic carbocycles. The van der Waals surface area contributed by atoms with Crippen molar-refractivity contribution in [1.82, 2.24) is 5.32 Å². The number of hydrogen-bond donors (Lipinski definition) is 1. The summed E-state index contributed by atoms with van der Waals surface area (Å²) in [6.07, 6.45) is 7.64. The van der Waals surface area contributed by atoms with Gasteiger partial charge in [0, 0.05) is 13.0 Å². The van der Waals surface area contributed by atoms with Gasteiger partial charge < -0.3 is 14.8 Å². The standard InChI is InChI=1S/C19H27NO3/c1-22-17-11-15-5-3-4-14(16(15)12-18(17)23-2)8-9-20-19(21)10-13-6-7-13/h11-14H,3-10H2,1-2H3,(H,20,21). The second-order valence-corrected chi connectivity index (χ2v) is 6.78. The third kappa shape index (κ3) is 3.98. The van der Waals surface area contributed by atoms with Crippen molar-refractivity contribution in [2.45, 2.75) is 50.9 Å². The van der Waals surface area contributed by atoms with Gasteiger partial charge >= 0.3 is 0 Å². The van der Waals surface area contributed by atoms with Gasteiger partial charge in [-0.05, 0) is 73.6 Å². The van der Waals surface area contributed by atoms with Crippen LogP contribution in [-0.2, 0) is 11.2 Å². The van der Waals surface area contributed by atoms with E-state index in [1.807, 2.05) is 0 Å². The summed E-state index contributed by atoms with van der Waals surface area (Å²) >= 11 is 0. The van der Waals surface area contributed by atoms with Crippen molar-refractivity contribution in [1.29, 1.82) is 0 Å². The number of carbonyl (C=O) groups is 1. The van der Waals surface area contributed by atoms with Gasteiger partial charge in [-0.25, -0.2) is 0 Å². The Balaban J connectivity index is 1.62. The van der Waals surface area contributed by atoms with Gasteiger partial charge in [0.25, 0.3) is 0 Å². The second kappa shape index (κ2) is 7.24. The van der Waals surface area contributed by atoms with Crippen molar-refractivity contribution in [3.63, 3.8) is 0 Å². The fraction of sp³-hybridized carbons (Fsp3) is 0.632. The lowest BCUT2D eigenvalue weighted by molar-refractivity contribution is -0.121. The lowest BCUT2D eigenvalue weighted by Gasteiger charge is -2.27. The van der Waals surface area contributed by atoms with E-state index in [9.17, 15) is 4.79 Å². The molecule has 1 aromatic rings. The first-order valence-electron chi connectivity index (χ1n) is 8.72. The van der Waals surface area contributed by atoms with E-state index in [4.69, 9.17) is 9.47 Å². The van der Waals surface area contributed by atoms with Crippen LogP contribution in [0.5, 0.6) is 11.5 Å². The predicted octanol–water partition coefficient (Wildman–Crippen LogP) is 3.43. The lowest BCUT2D eigenvalue weighted by Crippen LogP contribution is -2.26. The highest BCUT2D eigenvalue weighted by Crippen LogP contribution is 2.40. The molecular weight excluding hydrogens is 290 g/mol. The van der Waals surface area contributed by atoms with Crippen LogP contribution in [0.1, 0.15) is 55.6 Å². The van der Waals surface area contributed by atoms with Crippen LogP contribution in [0.2, 0.25) is 0 Å². The normalized spacial score (nSPS) is 19.8. The van der Waals surface area contributed by atoms with Crippen molar-refractivity contribution in [2.24, 2.45) is 5.92 Å². The van der Waals surface area contributed by atoms with E-state index in [0.717, 1.165) is 30.9 Å². The van der Waals surface area contributed by atoms with Gasteiger partial charge in [0.15, 0.2) is 11.5 Å². The van der Waals surface area contributed by atoms with Gasteiger partial charge in [-0.2, -0.15) is 0 Å². The van der Waals surface area contributed by atoms with Gasteiger partial charge in [-0.15, -0.1) is 0 Å². The zero-order chi connectivity index (χ0) is 16.2. The zero-order valence-corrected chi connectivity index (χ0v) is 14.2. The minimum atomic E-state index is 0.218. The van der Waals surface area contributed by atoms with Crippen molar-refractivity contribution in [2.75, 3.05) is 20.8 Å². The molecule has 0 bridgehead atoms. The molecule has 3 rings (SSSR count). The summed E-state index contributed by atoms with van der Waals surface area (Å²) in [6.45, 7) is 0.768. The van der Waals surface area contributed by atoms with E-state index in [-0.39, 0.29) is 5.91 Å². The maximum absolute atomic E-state index is 11.8. The Morgan fingerprint density at radius 2 is 1.91 bits per heavy atom. The summed E-state index contributed by atoms with van der Waals surface area (Å²) in [4.78, 5) is 11.8. The number of fused-ring (bicyclic) bond motifs is 1. The first-order chi connectivity index (χ1) is 11.2. The lowest BCUT2D eigenvalue weighted by atomic mass is 9.81. The van der Waals surface area contributed by atoms with Crippen LogP contribution in [0.3, 0.4) is 0 Å². The third-order valence-corrected chi connectivity index (χ3v) is 5.07. The molecule has 0 radical (unpaired) electrons. The Morgan fingerprint density at radius 1 is 1.17 bits per heavy atom. The zero-order valence-electron chi connectivity index (χ0n) is 14.2. The number of nitrogens with one attached hydrogen (secondary N) is 1. The summed E-state index contributed by atoms with van der Waals surface area (Å²) in [7, 11) is 3.36. The van der Waals surface area contributed by atoms with E-state index in [1.54, 1.807) is 14.2 Å². The van der Waals surface area contributed by atoms with Crippen molar-refractivity contribution in [3.8, 4) is 11.5 Å².